The van der Waals surface area contributed by atoms with Crippen molar-refractivity contribution in [1.82, 2.24) is 15.1 Å². The highest BCUT2D eigenvalue weighted by atomic mass is 16.5. The zero-order chi connectivity index (χ0) is 17.6. The van der Waals surface area contributed by atoms with Crippen molar-refractivity contribution in [2.75, 3.05) is 20.2 Å². The summed E-state index contributed by atoms with van der Waals surface area (Å²) in [6.45, 7) is 3.11. The molecule has 130 valence electrons. The van der Waals surface area contributed by atoms with E-state index in [0.717, 1.165) is 23.4 Å². The first kappa shape index (κ1) is 17.0. The van der Waals surface area contributed by atoms with Gasteiger partial charge in [0.05, 0.1) is 19.3 Å². The Hall–Kier alpha value is -2.89. The van der Waals surface area contributed by atoms with Crippen LogP contribution in [0.4, 0.5) is 0 Å². The third kappa shape index (κ3) is 4.56. The number of aryl methyl sites for hydroxylation is 1. The van der Waals surface area contributed by atoms with E-state index in [0.29, 0.717) is 19.0 Å². The maximum absolute atomic E-state index is 12.3. The molecule has 1 saturated heterocycles. The Morgan fingerprint density at radius 3 is 2.68 bits per heavy atom. The van der Waals surface area contributed by atoms with E-state index in [9.17, 15) is 4.79 Å². The number of hydrogen-bond donors (Lipinski definition) is 0. The van der Waals surface area contributed by atoms with Gasteiger partial charge in [0, 0.05) is 25.1 Å². The first-order valence-electron chi connectivity index (χ1n) is 8.22. The Morgan fingerprint density at radius 2 is 2.00 bits per heavy atom. The summed E-state index contributed by atoms with van der Waals surface area (Å²) in [5.74, 6) is 1.28. The Kier molecular flexibility index (Phi) is 5.28. The fourth-order valence-electron chi connectivity index (χ4n) is 2.63. The van der Waals surface area contributed by atoms with Crippen LogP contribution < -0.4 is 9.47 Å². The summed E-state index contributed by atoms with van der Waals surface area (Å²) in [6.07, 6.45) is 4.14. The molecule has 1 amide bonds. The summed E-state index contributed by atoms with van der Waals surface area (Å²) in [4.78, 5) is 14.1. The van der Waals surface area contributed by atoms with Gasteiger partial charge >= 0.3 is 0 Å². The van der Waals surface area contributed by atoms with Crippen molar-refractivity contribution < 1.29 is 14.3 Å². The monoisotopic (exact) mass is 339 g/mol. The van der Waals surface area contributed by atoms with Crippen molar-refractivity contribution in [3.05, 3.63) is 53.7 Å². The fourth-order valence-corrected chi connectivity index (χ4v) is 2.63. The zero-order valence-corrected chi connectivity index (χ0v) is 14.4. The molecule has 6 heteroatoms. The van der Waals surface area contributed by atoms with E-state index in [1.165, 1.54) is 0 Å². The van der Waals surface area contributed by atoms with E-state index >= 15 is 0 Å². The Labute approximate surface area is 147 Å². The quantitative estimate of drug-likeness (QED) is 0.783. The third-order valence-corrected chi connectivity index (χ3v) is 4.05. The van der Waals surface area contributed by atoms with Gasteiger partial charge < -0.3 is 14.4 Å². The number of methoxy groups -OCH3 is 1. The van der Waals surface area contributed by atoms with Crippen LogP contribution in [-0.2, 0) is 4.79 Å². The van der Waals surface area contributed by atoms with Gasteiger partial charge in [-0.05, 0) is 36.8 Å². The SMILES string of the molecule is COc1ccc(/C=C/C(=O)N2CCC(Oc3ccc(C)nn3)C2)cc1. The van der Waals surface area contributed by atoms with Gasteiger partial charge in [-0.15, -0.1) is 5.10 Å². The van der Waals surface area contributed by atoms with Crippen LogP contribution in [0.3, 0.4) is 0 Å². The zero-order valence-electron chi connectivity index (χ0n) is 14.4. The fraction of sp³-hybridized carbons (Fsp3) is 0.316. The minimum Gasteiger partial charge on any atom is -0.497 e. The maximum atomic E-state index is 12.3. The molecule has 6 nitrogen and oxygen atoms in total. The van der Waals surface area contributed by atoms with E-state index in [1.807, 2.05) is 37.3 Å². The number of carbonyl (C=O) groups excluding carboxylic acids is 1. The second-order valence-corrected chi connectivity index (χ2v) is 5.93. The van der Waals surface area contributed by atoms with Gasteiger partial charge in [0.15, 0.2) is 0 Å². The highest BCUT2D eigenvalue weighted by Crippen LogP contribution is 2.17. The molecule has 3 rings (SSSR count). The van der Waals surface area contributed by atoms with Gasteiger partial charge in [-0.25, -0.2) is 0 Å². The molecule has 2 heterocycles. The van der Waals surface area contributed by atoms with Gasteiger partial charge in [-0.2, -0.15) is 5.10 Å². The van der Waals surface area contributed by atoms with Crippen LogP contribution in [0.5, 0.6) is 11.6 Å². The molecule has 1 aromatic carbocycles. The number of aromatic nitrogens is 2. The van der Waals surface area contributed by atoms with E-state index in [-0.39, 0.29) is 12.0 Å². The average molecular weight is 339 g/mol. The summed E-state index contributed by atoms with van der Waals surface area (Å²) in [7, 11) is 1.63. The first-order chi connectivity index (χ1) is 12.1. The predicted molar refractivity (Wildman–Crippen MR) is 94.4 cm³/mol. The lowest BCUT2D eigenvalue weighted by Crippen LogP contribution is -2.29. The number of benzene rings is 1. The van der Waals surface area contributed by atoms with Crippen LogP contribution in [0, 0.1) is 6.92 Å². The number of nitrogens with zero attached hydrogens (tertiary/aromatic N) is 3. The highest BCUT2D eigenvalue weighted by Gasteiger charge is 2.26. The molecule has 1 aliphatic rings. The van der Waals surface area contributed by atoms with Crippen molar-refractivity contribution in [3.8, 4) is 11.6 Å². The van der Waals surface area contributed by atoms with E-state index in [4.69, 9.17) is 9.47 Å². The van der Waals surface area contributed by atoms with Crippen molar-refractivity contribution in [2.45, 2.75) is 19.4 Å². The second-order valence-electron chi connectivity index (χ2n) is 5.93. The Bertz CT molecular complexity index is 742. The lowest BCUT2D eigenvalue weighted by Gasteiger charge is -2.15. The molecule has 1 fully saturated rings. The van der Waals surface area contributed by atoms with Crippen LogP contribution in [0.25, 0.3) is 6.08 Å². The number of rotatable bonds is 5. The Morgan fingerprint density at radius 1 is 1.20 bits per heavy atom. The largest absolute Gasteiger partial charge is 0.497 e. The standard InChI is InChI=1S/C19H21N3O3/c1-14-3-9-18(21-20-14)25-17-11-12-22(13-17)19(23)10-6-15-4-7-16(24-2)8-5-15/h3-10,17H,11-13H2,1-2H3/b10-6+. The summed E-state index contributed by atoms with van der Waals surface area (Å²) >= 11 is 0. The van der Waals surface area contributed by atoms with E-state index < -0.39 is 0 Å². The molecule has 0 aliphatic carbocycles. The molecule has 1 unspecified atom stereocenters. The molecule has 1 aromatic heterocycles. The topological polar surface area (TPSA) is 64.5 Å². The first-order valence-corrected chi connectivity index (χ1v) is 8.22. The highest BCUT2D eigenvalue weighted by molar-refractivity contribution is 5.92. The van der Waals surface area contributed by atoms with Gasteiger partial charge in [-0.1, -0.05) is 12.1 Å². The molecular weight excluding hydrogens is 318 g/mol. The minimum absolute atomic E-state index is 0.0168. The minimum atomic E-state index is -0.0460. The predicted octanol–water partition coefficient (Wildman–Crippen LogP) is 2.49. The molecule has 0 radical (unpaired) electrons. The lowest BCUT2D eigenvalue weighted by molar-refractivity contribution is -0.125. The summed E-state index contributed by atoms with van der Waals surface area (Å²) in [5, 5.41) is 7.98. The molecule has 1 atom stereocenters. The van der Waals surface area contributed by atoms with Crippen molar-refractivity contribution in [3.63, 3.8) is 0 Å². The van der Waals surface area contributed by atoms with Crippen molar-refractivity contribution >= 4 is 12.0 Å². The van der Waals surface area contributed by atoms with Crippen LogP contribution in [0.1, 0.15) is 17.7 Å². The van der Waals surface area contributed by atoms with E-state index in [2.05, 4.69) is 10.2 Å². The molecule has 1 aliphatic heterocycles. The van der Waals surface area contributed by atoms with Gasteiger partial charge in [-0.3, -0.25) is 4.79 Å². The molecular formula is C19H21N3O3. The van der Waals surface area contributed by atoms with E-state index in [1.54, 1.807) is 30.2 Å². The number of amides is 1. The smallest absolute Gasteiger partial charge is 0.246 e. The van der Waals surface area contributed by atoms with Crippen LogP contribution >= 0.6 is 0 Å². The molecule has 0 N–H and O–H groups in total. The number of ether oxygens (including phenoxy) is 2. The number of likely N-dealkylation sites (tertiary alicyclic amines) is 1. The average Bonchev–Trinajstić information content (AvgIpc) is 3.10. The van der Waals surface area contributed by atoms with Crippen molar-refractivity contribution in [1.29, 1.82) is 0 Å². The van der Waals surface area contributed by atoms with Crippen LogP contribution in [0.15, 0.2) is 42.5 Å². The molecule has 0 bridgehead atoms. The Balaban J connectivity index is 1.53. The molecule has 0 spiro atoms. The van der Waals surface area contributed by atoms with Gasteiger partial charge in [0.25, 0.3) is 0 Å². The summed E-state index contributed by atoms with van der Waals surface area (Å²) in [5.41, 5.74) is 1.80. The van der Waals surface area contributed by atoms with Crippen molar-refractivity contribution in [2.24, 2.45) is 0 Å². The normalized spacial score (nSPS) is 17.0. The van der Waals surface area contributed by atoms with Crippen LogP contribution in [-0.4, -0.2) is 47.3 Å². The molecule has 25 heavy (non-hydrogen) atoms. The lowest BCUT2D eigenvalue weighted by atomic mass is 10.2. The summed E-state index contributed by atoms with van der Waals surface area (Å²) in [6, 6.07) is 11.2. The van der Waals surface area contributed by atoms with Crippen LogP contribution in [0.2, 0.25) is 0 Å². The number of carbonyl (C=O) groups is 1. The number of hydrogen-bond acceptors (Lipinski definition) is 5. The molecule has 0 saturated carbocycles. The second kappa shape index (κ2) is 7.79. The van der Waals surface area contributed by atoms with Gasteiger partial charge in [0.2, 0.25) is 11.8 Å². The summed E-state index contributed by atoms with van der Waals surface area (Å²) < 4.78 is 10.9. The maximum Gasteiger partial charge on any atom is 0.246 e. The third-order valence-electron chi connectivity index (χ3n) is 4.05. The van der Waals surface area contributed by atoms with Gasteiger partial charge in [0.1, 0.15) is 11.9 Å². The molecule has 2 aromatic rings.